The maximum absolute atomic E-state index is 4.23. The molecule has 1 saturated heterocycles. The van der Waals surface area contributed by atoms with Gasteiger partial charge >= 0.3 is 0 Å². The highest BCUT2D eigenvalue weighted by Gasteiger charge is 2.26. The highest BCUT2D eigenvalue weighted by Crippen LogP contribution is 2.21. The standard InChI is InChI=1S/C16H30N4/c1-5-20-10-8-16(11-14(20)2)18(3)9-6-7-15-12-17-19(4)13-15/h12-14,16H,5-11H2,1-4H3/t14-,16-/m0/s1. The lowest BCUT2D eigenvalue weighted by Crippen LogP contribution is -2.48. The lowest BCUT2D eigenvalue weighted by atomic mass is 9.97. The van der Waals surface area contributed by atoms with Crippen LogP contribution in [0.2, 0.25) is 0 Å². The van der Waals surface area contributed by atoms with Gasteiger partial charge in [0.15, 0.2) is 0 Å². The summed E-state index contributed by atoms with van der Waals surface area (Å²) in [5.74, 6) is 0. The van der Waals surface area contributed by atoms with E-state index >= 15 is 0 Å². The van der Waals surface area contributed by atoms with Gasteiger partial charge in [-0.05, 0) is 64.9 Å². The summed E-state index contributed by atoms with van der Waals surface area (Å²) >= 11 is 0. The molecule has 4 heteroatoms. The molecule has 1 fully saturated rings. The monoisotopic (exact) mass is 278 g/mol. The highest BCUT2D eigenvalue weighted by molar-refractivity contribution is 5.03. The first-order chi connectivity index (χ1) is 9.60. The van der Waals surface area contributed by atoms with Crippen LogP contribution in [0.4, 0.5) is 0 Å². The van der Waals surface area contributed by atoms with Gasteiger partial charge in [-0.25, -0.2) is 0 Å². The van der Waals surface area contributed by atoms with Crippen molar-refractivity contribution < 1.29 is 0 Å². The Balaban J connectivity index is 1.71. The molecule has 2 atom stereocenters. The number of aromatic nitrogens is 2. The highest BCUT2D eigenvalue weighted by atomic mass is 15.2. The number of likely N-dealkylation sites (tertiary alicyclic amines) is 1. The van der Waals surface area contributed by atoms with Gasteiger partial charge < -0.3 is 9.80 Å². The van der Waals surface area contributed by atoms with Crippen LogP contribution < -0.4 is 0 Å². The van der Waals surface area contributed by atoms with E-state index in [4.69, 9.17) is 0 Å². The van der Waals surface area contributed by atoms with Crippen molar-refractivity contribution >= 4 is 0 Å². The summed E-state index contributed by atoms with van der Waals surface area (Å²) in [6.07, 6.45) is 9.12. The van der Waals surface area contributed by atoms with Crippen LogP contribution in [0.5, 0.6) is 0 Å². The molecule has 0 saturated carbocycles. The Hall–Kier alpha value is -0.870. The Labute approximate surface area is 123 Å². The molecule has 0 bridgehead atoms. The van der Waals surface area contributed by atoms with Crippen LogP contribution in [0.3, 0.4) is 0 Å². The van der Waals surface area contributed by atoms with Gasteiger partial charge in [-0.1, -0.05) is 6.92 Å². The second kappa shape index (κ2) is 7.23. The van der Waals surface area contributed by atoms with E-state index in [-0.39, 0.29) is 0 Å². The fourth-order valence-electron chi connectivity index (χ4n) is 3.38. The maximum Gasteiger partial charge on any atom is 0.0521 e. The van der Waals surface area contributed by atoms with Crippen LogP contribution in [0.25, 0.3) is 0 Å². The molecule has 1 aliphatic heterocycles. The van der Waals surface area contributed by atoms with Gasteiger partial charge in [0.1, 0.15) is 0 Å². The molecule has 0 aromatic carbocycles. The van der Waals surface area contributed by atoms with E-state index in [0.717, 1.165) is 18.5 Å². The predicted molar refractivity (Wildman–Crippen MR) is 83.9 cm³/mol. The largest absolute Gasteiger partial charge is 0.303 e. The van der Waals surface area contributed by atoms with Crippen molar-refractivity contribution in [2.75, 3.05) is 26.7 Å². The van der Waals surface area contributed by atoms with Crippen molar-refractivity contribution in [3.63, 3.8) is 0 Å². The lowest BCUT2D eigenvalue weighted by molar-refractivity contribution is 0.0893. The Morgan fingerprint density at radius 3 is 2.85 bits per heavy atom. The van der Waals surface area contributed by atoms with E-state index in [2.05, 4.69) is 42.0 Å². The third kappa shape index (κ3) is 4.06. The molecule has 114 valence electrons. The number of hydrogen-bond acceptors (Lipinski definition) is 3. The zero-order valence-electron chi connectivity index (χ0n) is 13.5. The molecule has 1 aromatic rings. The quantitative estimate of drug-likeness (QED) is 0.797. The topological polar surface area (TPSA) is 24.3 Å². The Morgan fingerprint density at radius 2 is 2.25 bits per heavy atom. The van der Waals surface area contributed by atoms with Crippen LogP contribution in [0.15, 0.2) is 12.4 Å². The van der Waals surface area contributed by atoms with Gasteiger partial charge in [-0.3, -0.25) is 4.68 Å². The molecule has 0 N–H and O–H groups in total. The number of piperidine rings is 1. The molecule has 2 rings (SSSR count). The van der Waals surface area contributed by atoms with Crippen LogP contribution in [0.1, 0.15) is 38.7 Å². The fraction of sp³-hybridized carbons (Fsp3) is 0.812. The normalized spacial score (nSPS) is 24.4. The Kier molecular flexibility index (Phi) is 5.61. The molecule has 2 heterocycles. The van der Waals surface area contributed by atoms with Gasteiger partial charge in [0.2, 0.25) is 0 Å². The van der Waals surface area contributed by atoms with Crippen molar-refractivity contribution in [1.29, 1.82) is 0 Å². The zero-order chi connectivity index (χ0) is 14.5. The first-order valence-corrected chi connectivity index (χ1v) is 8.02. The molecular formula is C16H30N4. The second-order valence-corrected chi connectivity index (χ2v) is 6.26. The molecule has 4 nitrogen and oxygen atoms in total. The van der Waals surface area contributed by atoms with Crippen molar-refractivity contribution in [3.05, 3.63) is 18.0 Å². The summed E-state index contributed by atoms with van der Waals surface area (Å²) in [6, 6.07) is 1.50. The SMILES string of the molecule is CCN1CC[C@H](N(C)CCCc2cnn(C)c2)C[C@@H]1C. The Bertz CT molecular complexity index is 401. The first-order valence-electron chi connectivity index (χ1n) is 8.02. The molecular weight excluding hydrogens is 248 g/mol. The van der Waals surface area contributed by atoms with Gasteiger partial charge in [0.05, 0.1) is 6.20 Å². The third-order valence-electron chi connectivity index (χ3n) is 4.75. The minimum atomic E-state index is 0.736. The average molecular weight is 278 g/mol. The molecule has 1 aliphatic rings. The van der Waals surface area contributed by atoms with Crippen LogP contribution in [0, 0.1) is 0 Å². The first kappa shape index (κ1) is 15.5. The third-order valence-corrected chi connectivity index (χ3v) is 4.75. The van der Waals surface area contributed by atoms with Gasteiger partial charge in [-0.2, -0.15) is 5.10 Å². The van der Waals surface area contributed by atoms with Gasteiger partial charge in [0, 0.05) is 25.3 Å². The van der Waals surface area contributed by atoms with E-state index in [9.17, 15) is 0 Å². The summed E-state index contributed by atoms with van der Waals surface area (Å²) in [4.78, 5) is 5.17. The van der Waals surface area contributed by atoms with Crippen molar-refractivity contribution in [2.24, 2.45) is 7.05 Å². The summed E-state index contributed by atoms with van der Waals surface area (Å²) < 4.78 is 1.89. The van der Waals surface area contributed by atoms with Crippen molar-refractivity contribution in [1.82, 2.24) is 19.6 Å². The fourth-order valence-corrected chi connectivity index (χ4v) is 3.38. The summed E-state index contributed by atoms with van der Waals surface area (Å²) in [5.41, 5.74) is 1.36. The predicted octanol–water partition coefficient (Wildman–Crippen LogP) is 2.16. The lowest BCUT2D eigenvalue weighted by Gasteiger charge is -2.40. The number of aryl methyl sites for hydroxylation is 2. The van der Waals surface area contributed by atoms with Gasteiger partial charge in [0.25, 0.3) is 0 Å². The van der Waals surface area contributed by atoms with Crippen molar-refractivity contribution in [3.8, 4) is 0 Å². The molecule has 0 aliphatic carbocycles. The maximum atomic E-state index is 4.23. The summed E-state index contributed by atoms with van der Waals surface area (Å²) in [5, 5.41) is 4.23. The van der Waals surface area contributed by atoms with E-state index in [1.54, 1.807) is 0 Å². The molecule has 20 heavy (non-hydrogen) atoms. The zero-order valence-corrected chi connectivity index (χ0v) is 13.5. The molecule has 0 radical (unpaired) electrons. The van der Waals surface area contributed by atoms with E-state index < -0.39 is 0 Å². The number of nitrogens with zero attached hydrogens (tertiary/aromatic N) is 4. The minimum Gasteiger partial charge on any atom is -0.303 e. The van der Waals surface area contributed by atoms with Crippen LogP contribution >= 0.6 is 0 Å². The van der Waals surface area contributed by atoms with Crippen LogP contribution in [-0.2, 0) is 13.5 Å². The van der Waals surface area contributed by atoms with E-state index in [1.165, 1.54) is 44.5 Å². The van der Waals surface area contributed by atoms with E-state index in [0.29, 0.717) is 0 Å². The number of rotatable bonds is 6. The summed E-state index contributed by atoms with van der Waals surface area (Å²) in [6.45, 7) is 8.29. The van der Waals surface area contributed by atoms with Crippen LogP contribution in [-0.4, -0.2) is 58.3 Å². The van der Waals surface area contributed by atoms with Gasteiger partial charge in [-0.15, -0.1) is 0 Å². The number of hydrogen-bond donors (Lipinski definition) is 0. The Morgan fingerprint density at radius 1 is 1.45 bits per heavy atom. The summed E-state index contributed by atoms with van der Waals surface area (Å²) in [7, 11) is 4.28. The molecule has 1 aromatic heterocycles. The van der Waals surface area contributed by atoms with Crippen molar-refractivity contribution in [2.45, 2.75) is 51.6 Å². The van der Waals surface area contributed by atoms with E-state index in [1.807, 2.05) is 17.9 Å². The molecule has 0 amide bonds. The second-order valence-electron chi connectivity index (χ2n) is 6.26. The molecule has 0 unspecified atom stereocenters. The minimum absolute atomic E-state index is 0.736. The molecule has 0 spiro atoms. The smallest absolute Gasteiger partial charge is 0.0521 e. The average Bonchev–Trinajstić information content (AvgIpc) is 2.84.